The van der Waals surface area contributed by atoms with Gasteiger partial charge in [0.05, 0.1) is 38.0 Å². The average Bonchev–Trinajstić information content (AvgIpc) is 4.03. The number of benzene rings is 8. The number of hydrogen-bond acceptors (Lipinski definition) is 5. The topological polar surface area (TPSA) is 61.4 Å². The molecule has 12 aromatic rings. The lowest BCUT2D eigenvalue weighted by Gasteiger charge is -2.12. The Morgan fingerprint density at radius 3 is 1.47 bits per heavy atom. The first-order valence-electron chi connectivity index (χ1n) is 19.6. The van der Waals surface area contributed by atoms with Gasteiger partial charge in [0.15, 0.2) is 17.5 Å². The summed E-state index contributed by atoms with van der Waals surface area (Å²) in [5, 5.41) is 4.86. The molecule has 4 heterocycles. The molecule has 6 nitrogen and oxygen atoms in total. The highest BCUT2D eigenvalue weighted by molar-refractivity contribution is 7.17. The lowest BCUT2D eigenvalue weighted by atomic mass is 10.0. The molecule has 0 aliphatic rings. The van der Waals surface area contributed by atoms with Crippen molar-refractivity contribution in [2.75, 3.05) is 0 Å². The number of thiazole rings is 1. The molecule has 4 aromatic heterocycles. The van der Waals surface area contributed by atoms with E-state index in [1.165, 1.54) is 43.7 Å². The molecule has 0 fully saturated rings. The van der Waals surface area contributed by atoms with E-state index in [4.69, 9.17) is 19.9 Å². The molecule has 0 unspecified atom stereocenters. The van der Waals surface area contributed by atoms with Gasteiger partial charge in [0.1, 0.15) is 5.52 Å². The zero-order valence-corrected chi connectivity index (χ0v) is 32.4. The lowest BCUT2D eigenvalue weighted by Crippen LogP contribution is -2.01. The summed E-state index contributed by atoms with van der Waals surface area (Å²) in [6, 6.07) is 66.2. The van der Waals surface area contributed by atoms with Crippen LogP contribution in [0.4, 0.5) is 0 Å². The molecule has 0 N–H and O–H groups in total. The first-order chi connectivity index (χ1) is 29.3. The number of rotatable bonds is 6. The highest BCUT2D eigenvalue weighted by atomic mass is 32.1. The van der Waals surface area contributed by atoms with E-state index < -0.39 is 0 Å². The van der Waals surface area contributed by atoms with Crippen LogP contribution in [0.2, 0.25) is 0 Å². The summed E-state index contributed by atoms with van der Waals surface area (Å²) < 4.78 is 5.74. The molecule has 0 aliphatic carbocycles. The average molecular weight is 773 g/mol. The van der Waals surface area contributed by atoms with Crippen molar-refractivity contribution in [3.05, 3.63) is 194 Å². The molecular formula is C52H32N6S. The van der Waals surface area contributed by atoms with Crippen LogP contribution in [-0.2, 0) is 0 Å². The van der Waals surface area contributed by atoms with Crippen molar-refractivity contribution in [3.8, 4) is 56.7 Å². The van der Waals surface area contributed by atoms with Crippen LogP contribution in [0, 0.1) is 0 Å². The van der Waals surface area contributed by atoms with E-state index in [-0.39, 0.29) is 0 Å². The molecular weight excluding hydrogens is 741 g/mol. The Balaban J connectivity index is 1.01. The van der Waals surface area contributed by atoms with Gasteiger partial charge in [-0.15, -0.1) is 11.3 Å². The first-order valence-corrected chi connectivity index (χ1v) is 20.5. The molecule has 8 aromatic carbocycles. The number of para-hydroxylation sites is 3. The number of aromatic nitrogens is 6. The Morgan fingerprint density at radius 2 is 0.864 bits per heavy atom. The van der Waals surface area contributed by atoms with Crippen LogP contribution in [0.1, 0.15) is 0 Å². The Labute approximate surface area is 343 Å². The van der Waals surface area contributed by atoms with E-state index in [0.29, 0.717) is 17.5 Å². The molecule has 59 heavy (non-hydrogen) atoms. The minimum atomic E-state index is 0.620. The van der Waals surface area contributed by atoms with Crippen molar-refractivity contribution in [3.63, 3.8) is 0 Å². The fourth-order valence-electron chi connectivity index (χ4n) is 8.64. The molecule has 0 atom stereocenters. The third-order valence-electron chi connectivity index (χ3n) is 11.3. The molecule has 7 heteroatoms. The van der Waals surface area contributed by atoms with Crippen LogP contribution in [0.25, 0.3) is 110 Å². The smallest absolute Gasteiger partial charge is 0.165 e. The molecule has 0 saturated heterocycles. The summed E-state index contributed by atoms with van der Waals surface area (Å²) in [7, 11) is 0. The Bertz CT molecular complexity index is 3490. The quantitative estimate of drug-likeness (QED) is 0.169. The summed E-state index contributed by atoms with van der Waals surface area (Å²) in [4.78, 5) is 20.0. The standard InChI is InChI=1S/C52H32N6S/c1-4-14-33(15-5-1)50-54-51(34-16-6-2-7-17-34)56-52(55-50)40-26-29-47(48-49(40)59-32-53-48)58-44-23-13-11-21-39(44)42-31-36(25-28-46(42)58)35-24-27-45-41(30-35)38-20-10-12-22-43(38)57(45)37-18-8-3-9-19-37/h1-32H. The maximum atomic E-state index is 5.06. The minimum Gasteiger partial charge on any atom is -0.309 e. The van der Waals surface area contributed by atoms with Crippen molar-refractivity contribution in [1.82, 2.24) is 29.1 Å². The maximum Gasteiger partial charge on any atom is 0.165 e. The predicted octanol–water partition coefficient (Wildman–Crippen LogP) is 13.3. The lowest BCUT2D eigenvalue weighted by molar-refractivity contribution is 1.08. The predicted molar refractivity (Wildman–Crippen MR) is 243 cm³/mol. The van der Waals surface area contributed by atoms with Gasteiger partial charge in [-0.1, -0.05) is 127 Å². The summed E-state index contributed by atoms with van der Waals surface area (Å²) in [6.45, 7) is 0. The zero-order chi connectivity index (χ0) is 38.9. The largest absolute Gasteiger partial charge is 0.309 e. The third kappa shape index (κ3) is 5.40. The summed E-state index contributed by atoms with van der Waals surface area (Å²) >= 11 is 1.61. The van der Waals surface area contributed by atoms with Gasteiger partial charge >= 0.3 is 0 Å². The number of fused-ring (bicyclic) bond motifs is 7. The highest BCUT2D eigenvalue weighted by Crippen LogP contribution is 2.41. The van der Waals surface area contributed by atoms with Gasteiger partial charge in [0.25, 0.3) is 0 Å². The van der Waals surface area contributed by atoms with Crippen molar-refractivity contribution < 1.29 is 0 Å². The molecule has 0 saturated carbocycles. The van der Waals surface area contributed by atoms with Crippen molar-refractivity contribution in [2.24, 2.45) is 0 Å². The number of nitrogens with zero attached hydrogens (tertiary/aromatic N) is 6. The normalized spacial score (nSPS) is 11.7. The molecule has 276 valence electrons. The fourth-order valence-corrected chi connectivity index (χ4v) is 9.46. The van der Waals surface area contributed by atoms with Gasteiger partial charge in [-0.25, -0.2) is 19.9 Å². The zero-order valence-electron chi connectivity index (χ0n) is 31.6. The Kier molecular flexibility index (Phi) is 7.61. The van der Waals surface area contributed by atoms with Crippen LogP contribution in [0.5, 0.6) is 0 Å². The van der Waals surface area contributed by atoms with E-state index in [9.17, 15) is 0 Å². The third-order valence-corrected chi connectivity index (χ3v) is 12.2. The van der Waals surface area contributed by atoms with E-state index >= 15 is 0 Å². The maximum absolute atomic E-state index is 5.06. The van der Waals surface area contributed by atoms with E-state index in [2.05, 4.69) is 137 Å². The van der Waals surface area contributed by atoms with E-state index in [0.717, 1.165) is 49.3 Å². The van der Waals surface area contributed by atoms with Crippen LogP contribution in [-0.4, -0.2) is 29.1 Å². The van der Waals surface area contributed by atoms with E-state index in [1.54, 1.807) is 11.3 Å². The summed E-state index contributed by atoms with van der Waals surface area (Å²) in [6.07, 6.45) is 0. The molecule has 0 amide bonds. The molecule has 0 bridgehead atoms. The SMILES string of the molecule is c1ccc(-c2nc(-c3ccccc3)nc(-c3ccc(-n4c5ccccc5c5cc(-c6ccc7c(c6)c6ccccc6n7-c6ccccc6)ccc54)c4ncsc34)n2)cc1. The van der Waals surface area contributed by atoms with Crippen molar-refractivity contribution >= 4 is 65.2 Å². The highest BCUT2D eigenvalue weighted by Gasteiger charge is 2.21. The molecule has 0 spiro atoms. The second kappa shape index (κ2) is 13.4. The minimum absolute atomic E-state index is 0.620. The van der Waals surface area contributed by atoms with Gasteiger partial charge in [-0.05, 0) is 71.8 Å². The summed E-state index contributed by atoms with van der Waals surface area (Å²) in [5.74, 6) is 1.89. The van der Waals surface area contributed by atoms with Gasteiger partial charge in [-0.3, -0.25) is 0 Å². The fraction of sp³-hybridized carbons (Fsp3) is 0. The van der Waals surface area contributed by atoms with Gasteiger partial charge < -0.3 is 9.13 Å². The second-order valence-corrected chi connectivity index (χ2v) is 15.6. The van der Waals surface area contributed by atoms with Gasteiger partial charge in [0, 0.05) is 43.9 Å². The first kappa shape index (κ1) is 33.4. The summed E-state index contributed by atoms with van der Waals surface area (Å²) in [5.41, 5.74) is 14.8. The monoisotopic (exact) mass is 772 g/mol. The Morgan fingerprint density at radius 1 is 0.373 bits per heavy atom. The van der Waals surface area contributed by atoms with Crippen LogP contribution in [0.15, 0.2) is 194 Å². The van der Waals surface area contributed by atoms with Crippen molar-refractivity contribution in [1.29, 1.82) is 0 Å². The van der Waals surface area contributed by atoms with Crippen LogP contribution >= 0.6 is 11.3 Å². The van der Waals surface area contributed by atoms with Crippen molar-refractivity contribution in [2.45, 2.75) is 0 Å². The number of hydrogen-bond donors (Lipinski definition) is 0. The molecule has 0 radical (unpaired) electrons. The van der Waals surface area contributed by atoms with Crippen LogP contribution in [0.3, 0.4) is 0 Å². The van der Waals surface area contributed by atoms with E-state index in [1.807, 2.05) is 66.2 Å². The molecule has 0 aliphatic heterocycles. The van der Waals surface area contributed by atoms with Gasteiger partial charge in [-0.2, -0.15) is 0 Å². The Hall–Kier alpha value is -7.74. The van der Waals surface area contributed by atoms with Crippen LogP contribution < -0.4 is 0 Å². The second-order valence-electron chi connectivity index (χ2n) is 14.7. The molecule has 12 rings (SSSR count). The van der Waals surface area contributed by atoms with Gasteiger partial charge in [0.2, 0.25) is 0 Å².